The molecule has 0 unspecified atom stereocenters. The Kier molecular flexibility index (Phi) is 8.55. The summed E-state index contributed by atoms with van der Waals surface area (Å²) in [5, 5.41) is 0. The molecule has 15 heavy (non-hydrogen) atoms. The zero-order chi connectivity index (χ0) is 11.5. The third-order valence-electron chi connectivity index (χ3n) is 1.85. The van der Waals surface area contributed by atoms with Gasteiger partial charge in [0, 0.05) is 6.42 Å². The number of allylic oxidation sites excluding steroid dienone is 5. The van der Waals surface area contributed by atoms with Crippen LogP contribution in [0.3, 0.4) is 0 Å². The van der Waals surface area contributed by atoms with Gasteiger partial charge >= 0.3 is 0 Å². The summed E-state index contributed by atoms with van der Waals surface area (Å²) in [7, 11) is 0. The lowest BCUT2D eigenvalue weighted by Crippen LogP contribution is -1.95. The maximum atomic E-state index is 5.61. The first-order valence-corrected chi connectivity index (χ1v) is 5.53. The van der Waals surface area contributed by atoms with Crippen LogP contribution >= 0.6 is 0 Å². The largest absolute Gasteiger partial charge is 0.493 e. The Morgan fingerprint density at radius 2 is 2.07 bits per heavy atom. The molecule has 0 aliphatic carbocycles. The van der Waals surface area contributed by atoms with Crippen molar-refractivity contribution in [2.24, 2.45) is 0 Å². The standard InChI is InChI=1S/C14H22O/c1-5-8-9-11-14(7-3)15-12-13(4)10-6-2/h6,8-11H,4-5,7,12H2,1-3H3/b9-8-,10-6-,14-11+. The van der Waals surface area contributed by atoms with Crippen LogP contribution < -0.4 is 0 Å². The van der Waals surface area contributed by atoms with Crippen LogP contribution in [0.25, 0.3) is 0 Å². The lowest BCUT2D eigenvalue weighted by atomic mass is 10.3. The average Bonchev–Trinajstić information content (AvgIpc) is 2.23. The van der Waals surface area contributed by atoms with Gasteiger partial charge in [0.25, 0.3) is 0 Å². The monoisotopic (exact) mass is 206 g/mol. The fourth-order valence-corrected chi connectivity index (χ4v) is 1.05. The maximum Gasteiger partial charge on any atom is 0.112 e. The number of hydrogen-bond acceptors (Lipinski definition) is 1. The highest BCUT2D eigenvalue weighted by molar-refractivity contribution is 5.15. The lowest BCUT2D eigenvalue weighted by molar-refractivity contribution is 0.233. The Balaban J connectivity index is 4.05. The summed E-state index contributed by atoms with van der Waals surface area (Å²) in [5.74, 6) is 1.00. The number of ether oxygens (including phenoxy) is 1. The highest BCUT2D eigenvalue weighted by atomic mass is 16.5. The van der Waals surface area contributed by atoms with E-state index < -0.39 is 0 Å². The quantitative estimate of drug-likeness (QED) is 0.443. The molecule has 0 N–H and O–H groups in total. The number of hydrogen-bond donors (Lipinski definition) is 0. The summed E-state index contributed by atoms with van der Waals surface area (Å²) in [6.07, 6.45) is 12.1. The maximum absolute atomic E-state index is 5.61. The van der Waals surface area contributed by atoms with Crippen LogP contribution in [0.15, 0.2) is 48.3 Å². The average molecular weight is 206 g/mol. The second-order valence-electron chi connectivity index (χ2n) is 3.27. The van der Waals surface area contributed by atoms with Crippen molar-refractivity contribution in [1.29, 1.82) is 0 Å². The zero-order valence-corrected chi connectivity index (χ0v) is 10.1. The van der Waals surface area contributed by atoms with Crippen molar-refractivity contribution < 1.29 is 4.74 Å². The summed E-state index contributed by atoms with van der Waals surface area (Å²) in [6, 6.07) is 0. The van der Waals surface area contributed by atoms with Gasteiger partial charge in [-0.25, -0.2) is 0 Å². The highest BCUT2D eigenvalue weighted by Gasteiger charge is 1.94. The van der Waals surface area contributed by atoms with E-state index in [1.54, 1.807) is 0 Å². The van der Waals surface area contributed by atoms with Gasteiger partial charge in [0.05, 0.1) is 5.76 Å². The van der Waals surface area contributed by atoms with Gasteiger partial charge in [-0.15, -0.1) is 0 Å². The molecule has 0 aromatic heterocycles. The van der Waals surface area contributed by atoms with Gasteiger partial charge in [-0.3, -0.25) is 0 Å². The van der Waals surface area contributed by atoms with E-state index in [-0.39, 0.29) is 0 Å². The third kappa shape index (κ3) is 7.80. The minimum atomic E-state index is 0.573. The molecule has 0 aromatic rings. The predicted octanol–water partition coefficient (Wildman–Crippen LogP) is 4.40. The van der Waals surface area contributed by atoms with Crippen LogP contribution in [0.1, 0.15) is 33.6 Å². The molecule has 0 amide bonds. The van der Waals surface area contributed by atoms with Crippen LogP contribution in [-0.4, -0.2) is 6.61 Å². The van der Waals surface area contributed by atoms with E-state index in [0.29, 0.717) is 6.61 Å². The van der Waals surface area contributed by atoms with E-state index in [1.807, 2.05) is 31.2 Å². The molecule has 0 atom stereocenters. The molecule has 0 fully saturated rings. The van der Waals surface area contributed by atoms with Crippen molar-refractivity contribution in [1.82, 2.24) is 0 Å². The molecule has 1 nitrogen and oxygen atoms in total. The van der Waals surface area contributed by atoms with Crippen molar-refractivity contribution >= 4 is 0 Å². The van der Waals surface area contributed by atoms with Crippen LogP contribution in [-0.2, 0) is 4.74 Å². The molecule has 0 saturated heterocycles. The Hall–Kier alpha value is -1.24. The first-order valence-electron chi connectivity index (χ1n) is 5.53. The van der Waals surface area contributed by atoms with Gasteiger partial charge in [-0.05, 0) is 25.0 Å². The van der Waals surface area contributed by atoms with Crippen LogP contribution in [0, 0.1) is 0 Å². The summed E-state index contributed by atoms with van der Waals surface area (Å²) in [6.45, 7) is 10.6. The molecule has 0 aliphatic heterocycles. The summed E-state index contributed by atoms with van der Waals surface area (Å²) in [5.41, 5.74) is 0.997. The van der Waals surface area contributed by atoms with E-state index in [4.69, 9.17) is 4.74 Å². The van der Waals surface area contributed by atoms with E-state index >= 15 is 0 Å². The normalized spacial score (nSPS) is 12.6. The summed E-state index contributed by atoms with van der Waals surface area (Å²) >= 11 is 0. The molecule has 1 heteroatoms. The molecule has 0 spiro atoms. The van der Waals surface area contributed by atoms with Crippen molar-refractivity contribution in [3.63, 3.8) is 0 Å². The van der Waals surface area contributed by atoms with E-state index in [1.165, 1.54) is 0 Å². The highest BCUT2D eigenvalue weighted by Crippen LogP contribution is 2.06. The summed E-state index contributed by atoms with van der Waals surface area (Å²) in [4.78, 5) is 0. The molecule has 0 heterocycles. The van der Waals surface area contributed by atoms with Crippen molar-refractivity contribution in [2.75, 3.05) is 6.61 Å². The molecule has 0 aromatic carbocycles. The first-order chi connectivity index (χ1) is 7.24. The molecule has 0 aliphatic rings. The van der Waals surface area contributed by atoms with Crippen molar-refractivity contribution in [3.05, 3.63) is 48.3 Å². The molecule has 84 valence electrons. The third-order valence-corrected chi connectivity index (χ3v) is 1.85. The predicted molar refractivity (Wildman–Crippen MR) is 67.7 cm³/mol. The van der Waals surface area contributed by atoms with Crippen molar-refractivity contribution in [3.8, 4) is 0 Å². The second kappa shape index (κ2) is 9.32. The van der Waals surface area contributed by atoms with Gasteiger partial charge in [0.2, 0.25) is 0 Å². The van der Waals surface area contributed by atoms with E-state index in [2.05, 4.69) is 26.5 Å². The van der Waals surface area contributed by atoms with Gasteiger partial charge in [0.15, 0.2) is 0 Å². The molecule has 0 bridgehead atoms. The van der Waals surface area contributed by atoms with E-state index in [0.717, 1.165) is 24.2 Å². The van der Waals surface area contributed by atoms with Gasteiger partial charge in [-0.1, -0.05) is 44.7 Å². The minimum Gasteiger partial charge on any atom is -0.493 e. The molecule has 0 saturated carbocycles. The zero-order valence-electron chi connectivity index (χ0n) is 10.1. The first kappa shape index (κ1) is 13.8. The fraction of sp³-hybridized carbons (Fsp3) is 0.429. The minimum absolute atomic E-state index is 0.573. The fourth-order valence-electron chi connectivity index (χ4n) is 1.05. The van der Waals surface area contributed by atoms with Crippen LogP contribution in [0.5, 0.6) is 0 Å². The number of rotatable bonds is 7. The SMILES string of the molecule is C=C(/C=C\C)CO/C(=C/C=C\CC)CC. The van der Waals surface area contributed by atoms with Crippen LogP contribution in [0.2, 0.25) is 0 Å². The Morgan fingerprint density at radius 3 is 2.60 bits per heavy atom. The molecule has 0 rings (SSSR count). The topological polar surface area (TPSA) is 9.23 Å². The smallest absolute Gasteiger partial charge is 0.112 e. The summed E-state index contributed by atoms with van der Waals surface area (Å²) < 4.78 is 5.61. The second-order valence-corrected chi connectivity index (χ2v) is 3.27. The molecular weight excluding hydrogens is 184 g/mol. The molecular formula is C14H22O. The van der Waals surface area contributed by atoms with Crippen LogP contribution in [0.4, 0.5) is 0 Å². The Morgan fingerprint density at radius 1 is 1.33 bits per heavy atom. The van der Waals surface area contributed by atoms with Gasteiger partial charge in [-0.2, -0.15) is 0 Å². The molecule has 0 radical (unpaired) electrons. The van der Waals surface area contributed by atoms with Crippen molar-refractivity contribution in [2.45, 2.75) is 33.6 Å². The Labute approximate surface area is 93.8 Å². The van der Waals surface area contributed by atoms with E-state index in [9.17, 15) is 0 Å². The van der Waals surface area contributed by atoms with Gasteiger partial charge < -0.3 is 4.74 Å². The Bertz CT molecular complexity index is 257. The van der Waals surface area contributed by atoms with Gasteiger partial charge in [0.1, 0.15) is 6.61 Å². The lowest BCUT2D eigenvalue weighted by Gasteiger charge is -2.07.